The van der Waals surface area contributed by atoms with Gasteiger partial charge in [-0.2, -0.15) is 0 Å². The van der Waals surface area contributed by atoms with Crippen LogP contribution in [0.4, 0.5) is 4.39 Å². The molecule has 0 aliphatic rings. The van der Waals surface area contributed by atoms with Crippen molar-refractivity contribution in [3.8, 4) is 0 Å². The average Bonchev–Trinajstić information content (AvgIpc) is 2.32. The predicted molar refractivity (Wildman–Crippen MR) is 74.6 cm³/mol. The van der Waals surface area contributed by atoms with Crippen LogP contribution < -0.4 is 0 Å². The Hall–Kier alpha value is -1.34. The Balaban J connectivity index is 2.22. The molecule has 2 rings (SSSR count). The molecule has 0 heterocycles. The molecule has 0 aliphatic heterocycles. The zero-order chi connectivity index (χ0) is 13.1. The van der Waals surface area contributed by atoms with Gasteiger partial charge in [0.15, 0.2) is 0 Å². The molecule has 0 bridgehead atoms. The van der Waals surface area contributed by atoms with Gasteiger partial charge in [0, 0.05) is 0 Å². The molecule has 18 heavy (non-hydrogen) atoms. The van der Waals surface area contributed by atoms with Crippen molar-refractivity contribution >= 4 is 11.6 Å². The second kappa shape index (κ2) is 5.53. The summed E-state index contributed by atoms with van der Waals surface area (Å²) in [5.74, 6) is -0.187. The van der Waals surface area contributed by atoms with E-state index in [2.05, 4.69) is 13.0 Å². The second-order valence-electron chi connectivity index (χ2n) is 4.62. The molecule has 0 fully saturated rings. The molecule has 0 aromatic heterocycles. The van der Waals surface area contributed by atoms with Gasteiger partial charge in [-0.1, -0.05) is 42.0 Å². The van der Waals surface area contributed by atoms with Gasteiger partial charge in [-0.3, -0.25) is 0 Å². The summed E-state index contributed by atoms with van der Waals surface area (Å²) in [4.78, 5) is 0. The van der Waals surface area contributed by atoms with E-state index in [1.807, 2.05) is 25.1 Å². The van der Waals surface area contributed by atoms with Gasteiger partial charge >= 0.3 is 0 Å². The Morgan fingerprint density at radius 2 is 1.83 bits per heavy atom. The number of hydrogen-bond acceptors (Lipinski definition) is 0. The van der Waals surface area contributed by atoms with Crippen molar-refractivity contribution in [3.63, 3.8) is 0 Å². The minimum Gasteiger partial charge on any atom is -0.207 e. The lowest BCUT2D eigenvalue weighted by molar-refractivity contribution is 0.607. The molecule has 0 spiro atoms. The van der Waals surface area contributed by atoms with E-state index >= 15 is 0 Å². The van der Waals surface area contributed by atoms with Crippen molar-refractivity contribution in [2.24, 2.45) is 0 Å². The summed E-state index contributed by atoms with van der Waals surface area (Å²) in [5.41, 5.74) is 4.11. The molecule has 94 valence electrons. The van der Waals surface area contributed by atoms with Crippen molar-refractivity contribution in [1.82, 2.24) is 0 Å². The van der Waals surface area contributed by atoms with Crippen LogP contribution in [0.15, 0.2) is 42.5 Å². The molecule has 1 atom stereocenters. The lowest BCUT2D eigenvalue weighted by Gasteiger charge is -2.14. The number of rotatable bonds is 3. The number of benzene rings is 2. The van der Waals surface area contributed by atoms with Crippen molar-refractivity contribution in [2.45, 2.75) is 25.6 Å². The summed E-state index contributed by atoms with van der Waals surface area (Å²) in [6, 6.07) is 13.0. The van der Waals surface area contributed by atoms with Crippen molar-refractivity contribution < 1.29 is 4.39 Å². The van der Waals surface area contributed by atoms with Gasteiger partial charge in [-0.25, -0.2) is 4.39 Å². The summed E-state index contributed by atoms with van der Waals surface area (Å²) < 4.78 is 13.6. The van der Waals surface area contributed by atoms with E-state index in [1.165, 1.54) is 11.6 Å². The zero-order valence-corrected chi connectivity index (χ0v) is 11.3. The van der Waals surface area contributed by atoms with Crippen LogP contribution in [0.2, 0.25) is 0 Å². The number of aryl methyl sites for hydroxylation is 2. The molecule has 2 aromatic rings. The Labute approximate surface area is 112 Å². The predicted octanol–water partition coefficient (Wildman–Crippen LogP) is 4.97. The molecule has 0 aliphatic carbocycles. The van der Waals surface area contributed by atoms with E-state index < -0.39 is 0 Å². The highest BCUT2D eigenvalue weighted by Crippen LogP contribution is 2.28. The Morgan fingerprint density at radius 3 is 2.50 bits per heavy atom. The van der Waals surface area contributed by atoms with Crippen LogP contribution in [-0.4, -0.2) is 0 Å². The molecule has 1 unspecified atom stereocenters. The van der Waals surface area contributed by atoms with E-state index in [0.717, 1.165) is 11.1 Å². The topological polar surface area (TPSA) is 0 Å². The van der Waals surface area contributed by atoms with Crippen LogP contribution in [0, 0.1) is 19.7 Å². The first kappa shape index (κ1) is 13.1. The van der Waals surface area contributed by atoms with E-state index in [0.29, 0.717) is 12.0 Å². The SMILES string of the molecule is Cc1ccc(C(Cl)Cc2ccccc2F)c(C)c1. The smallest absolute Gasteiger partial charge is 0.126 e. The molecule has 2 heteroatoms. The Bertz CT molecular complexity index is 549. The quantitative estimate of drug-likeness (QED) is 0.686. The van der Waals surface area contributed by atoms with Crippen LogP contribution in [0.1, 0.15) is 27.6 Å². The molecule has 0 amide bonds. The van der Waals surface area contributed by atoms with Crippen LogP contribution >= 0.6 is 11.6 Å². The first-order chi connectivity index (χ1) is 8.58. The molecule has 0 N–H and O–H groups in total. The lowest BCUT2D eigenvalue weighted by atomic mass is 9.98. The summed E-state index contributed by atoms with van der Waals surface area (Å²) in [6.07, 6.45) is 0.512. The van der Waals surface area contributed by atoms with E-state index in [1.54, 1.807) is 12.1 Å². The molecule has 0 saturated carbocycles. The van der Waals surface area contributed by atoms with Crippen LogP contribution in [-0.2, 0) is 6.42 Å². The highest BCUT2D eigenvalue weighted by molar-refractivity contribution is 6.21. The van der Waals surface area contributed by atoms with Crippen molar-refractivity contribution in [1.29, 1.82) is 0 Å². The van der Waals surface area contributed by atoms with Gasteiger partial charge in [0.2, 0.25) is 0 Å². The first-order valence-corrected chi connectivity index (χ1v) is 6.46. The van der Waals surface area contributed by atoms with Gasteiger partial charge in [-0.15, -0.1) is 11.6 Å². The molecule has 0 radical (unpaired) electrons. The summed E-state index contributed by atoms with van der Waals surface area (Å²) >= 11 is 6.40. The van der Waals surface area contributed by atoms with E-state index in [4.69, 9.17) is 11.6 Å². The molecule has 0 nitrogen and oxygen atoms in total. The number of hydrogen-bond donors (Lipinski definition) is 0. The third-order valence-electron chi connectivity index (χ3n) is 3.12. The lowest BCUT2D eigenvalue weighted by Crippen LogP contribution is -2.00. The normalized spacial score (nSPS) is 12.4. The molecule has 0 saturated heterocycles. The van der Waals surface area contributed by atoms with Crippen LogP contribution in [0.25, 0.3) is 0 Å². The summed E-state index contributed by atoms with van der Waals surface area (Å²) in [7, 11) is 0. The van der Waals surface area contributed by atoms with E-state index in [9.17, 15) is 4.39 Å². The molecule has 2 aromatic carbocycles. The highest BCUT2D eigenvalue weighted by Gasteiger charge is 2.13. The Morgan fingerprint density at radius 1 is 1.11 bits per heavy atom. The molecular weight excluding hydrogens is 247 g/mol. The van der Waals surface area contributed by atoms with Gasteiger partial charge in [0.05, 0.1) is 5.38 Å². The highest BCUT2D eigenvalue weighted by atomic mass is 35.5. The monoisotopic (exact) mass is 262 g/mol. The second-order valence-corrected chi connectivity index (χ2v) is 5.15. The maximum Gasteiger partial charge on any atom is 0.126 e. The standard InChI is InChI=1S/C16H16ClF/c1-11-7-8-14(12(2)9-11)15(17)10-13-5-3-4-6-16(13)18/h3-9,15H,10H2,1-2H3. The van der Waals surface area contributed by atoms with E-state index in [-0.39, 0.29) is 11.2 Å². The number of halogens is 2. The fraction of sp³-hybridized carbons (Fsp3) is 0.250. The fourth-order valence-corrected chi connectivity index (χ4v) is 2.56. The average molecular weight is 263 g/mol. The van der Waals surface area contributed by atoms with Gasteiger partial charge in [0.25, 0.3) is 0 Å². The maximum absolute atomic E-state index is 13.6. The van der Waals surface area contributed by atoms with Gasteiger partial charge < -0.3 is 0 Å². The van der Waals surface area contributed by atoms with Crippen LogP contribution in [0.3, 0.4) is 0 Å². The van der Waals surface area contributed by atoms with Gasteiger partial charge in [-0.05, 0) is 43.0 Å². The fourth-order valence-electron chi connectivity index (χ4n) is 2.14. The van der Waals surface area contributed by atoms with Crippen LogP contribution in [0.5, 0.6) is 0 Å². The zero-order valence-electron chi connectivity index (χ0n) is 10.6. The first-order valence-electron chi connectivity index (χ1n) is 6.02. The Kier molecular flexibility index (Phi) is 4.03. The largest absolute Gasteiger partial charge is 0.207 e. The third-order valence-corrected chi connectivity index (χ3v) is 3.51. The minimum absolute atomic E-state index is 0.187. The minimum atomic E-state index is -0.192. The number of alkyl halides is 1. The van der Waals surface area contributed by atoms with Crippen molar-refractivity contribution in [3.05, 3.63) is 70.5 Å². The molecular formula is C16H16ClF. The van der Waals surface area contributed by atoms with Gasteiger partial charge in [0.1, 0.15) is 5.82 Å². The summed E-state index contributed by atoms with van der Waals surface area (Å²) in [6.45, 7) is 4.09. The van der Waals surface area contributed by atoms with Crippen molar-refractivity contribution in [2.75, 3.05) is 0 Å². The maximum atomic E-state index is 13.6. The third kappa shape index (κ3) is 2.91. The summed E-state index contributed by atoms with van der Waals surface area (Å²) in [5, 5.41) is -0.192.